The summed E-state index contributed by atoms with van der Waals surface area (Å²) in [7, 11) is -3.48. The number of thiophene rings is 1. The fraction of sp³-hybridized carbons (Fsp3) is 0.636. The van der Waals surface area contributed by atoms with Gasteiger partial charge in [0.1, 0.15) is 4.21 Å². The van der Waals surface area contributed by atoms with Crippen LogP contribution in [-0.2, 0) is 14.8 Å². The Morgan fingerprint density at radius 3 is 2.58 bits per heavy atom. The van der Waals surface area contributed by atoms with Gasteiger partial charge in [-0.05, 0) is 47.3 Å². The van der Waals surface area contributed by atoms with Gasteiger partial charge < -0.3 is 4.74 Å². The maximum Gasteiger partial charge on any atom is 0.250 e. The number of alkyl halides is 1. The Bertz CT molecular complexity index is 531. The second-order valence-electron chi connectivity index (χ2n) is 4.65. The van der Waals surface area contributed by atoms with Crippen LogP contribution in [0, 0.1) is 6.92 Å². The highest BCUT2D eigenvalue weighted by Gasteiger charge is 2.36. The Morgan fingerprint density at radius 2 is 2.11 bits per heavy atom. The van der Waals surface area contributed by atoms with Crippen molar-refractivity contribution in [3.05, 3.63) is 15.4 Å². The smallest absolute Gasteiger partial charge is 0.250 e. The fourth-order valence-corrected chi connectivity index (χ4v) is 6.50. The molecule has 108 valence electrons. The number of sulfonamides is 1. The molecule has 2 rings (SSSR count). The first-order valence-electron chi connectivity index (χ1n) is 5.82. The van der Waals surface area contributed by atoms with Crippen LogP contribution < -0.4 is 4.72 Å². The molecule has 0 spiro atoms. The lowest BCUT2D eigenvalue weighted by molar-refractivity contribution is 0.0557. The van der Waals surface area contributed by atoms with Crippen molar-refractivity contribution in [3.8, 4) is 0 Å². The van der Waals surface area contributed by atoms with Gasteiger partial charge in [-0.2, -0.15) is 0 Å². The predicted octanol–water partition coefficient (Wildman–Crippen LogP) is 3.04. The summed E-state index contributed by atoms with van der Waals surface area (Å²) in [4.78, 5) is 0. The molecule has 1 fully saturated rings. The summed E-state index contributed by atoms with van der Waals surface area (Å²) in [6, 6.07) is 1.69. The molecule has 1 N–H and O–H groups in total. The number of rotatable bonds is 4. The van der Waals surface area contributed by atoms with E-state index in [0.29, 0.717) is 35.6 Å². The summed E-state index contributed by atoms with van der Waals surface area (Å²) in [6.45, 7) is 3.05. The third-order valence-corrected chi connectivity index (χ3v) is 8.42. The maximum atomic E-state index is 12.4. The molecule has 0 bridgehead atoms. The molecule has 0 unspecified atom stereocenters. The molecule has 0 saturated carbocycles. The Balaban J connectivity index is 2.24. The van der Waals surface area contributed by atoms with E-state index in [1.54, 1.807) is 6.07 Å². The molecular formula is C11H15Br2NO3S2. The fourth-order valence-electron chi connectivity index (χ4n) is 1.92. The lowest BCUT2D eigenvalue weighted by atomic mass is 9.94. The van der Waals surface area contributed by atoms with E-state index in [1.165, 1.54) is 11.3 Å². The SMILES string of the molecule is Cc1cc(S(=O)(=O)NC2(CBr)CCOCC2)sc1Br. The zero-order valence-electron chi connectivity index (χ0n) is 10.4. The number of aryl methyl sites for hydroxylation is 1. The van der Waals surface area contributed by atoms with E-state index in [2.05, 4.69) is 36.6 Å². The first-order chi connectivity index (χ1) is 8.88. The van der Waals surface area contributed by atoms with Crippen molar-refractivity contribution in [2.75, 3.05) is 18.5 Å². The minimum Gasteiger partial charge on any atom is -0.381 e. The molecule has 1 aliphatic rings. The summed E-state index contributed by atoms with van der Waals surface area (Å²) >= 11 is 8.02. The highest BCUT2D eigenvalue weighted by molar-refractivity contribution is 9.11. The molecule has 2 heterocycles. The van der Waals surface area contributed by atoms with Gasteiger partial charge in [-0.15, -0.1) is 11.3 Å². The molecular weight excluding hydrogens is 418 g/mol. The van der Waals surface area contributed by atoms with Gasteiger partial charge in [0.15, 0.2) is 0 Å². The van der Waals surface area contributed by atoms with Crippen molar-refractivity contribution < 1.29 is 13.2 Å². The van der Waals surface area contributed by atoms with Crippen molar-refractivity contribution in [2.45, 2.75) is 29.5 Å². The van der Waals surface area contributed by atoms with Crippen LogP contribution >= 0.6 is 43.2 Å². The standard InChI is InChI=1S/C11H15Br2NO3S2/c1-8-6-9(18-10(8)13)19(15,16)14-11(7-12)2-4-17-5-3-11/h6,14H,2-5,7H2,1H3. The van der Waals surface area contributed by atoms with Gasteiger partial charge in [-0.3, -0.25) is 0 Å². The van der Waals surface area contributed by atoms with Gasteiger partial charge in [-0.1, -0.05) is 15.9 Å². The molecule has 0 atom stereocenters. The van der Waals surface area contributed by atoms with E-state index in [-0.39, 0.29) is 0 Å². The first-order valence-corrected chi connectivity index (χ1v) is 10.0. The monoisotopic (exact) mass is 431 g/mol. The zero-order valence-corrected chi connectivity index (χ0v) is 15.2. The van der Waals surface area contributed by atoms with E-state index < -0.39 is 15.6 Å². The van der Waals surface area contributed by atoms with Gasteiger partial charge in [0.05, 0.1) is 3.79 Å². The lowest BCUT2D eigenvalue weighted by Crippen LogP contribution is -2.53. The zero-order chi connectivity index (χ0) is 14.1. The van der Waals surface area contributed by atoms with Gasteiger partial charge in [0.2, 0.25) is 0 Å². The molecule has 0 aromatic carbocycles. The van der Waals surface area contributed by atoms with Crippen LogP contribution in [0.2, 0.25) is 0 Å². The summed E-state index contributed by atoms with van der Waals surface area (Å²) in [5.74, 6) is 0. The topological polar surface area (TPSA) is 55.4 Å². The quantitative estimate of drug-likeness (QED) is 0.744. The molecule has 1 aromatic rings. The van der Waals surface area contributed by atoms with Crippen molar-refractivity contribution in [2.24, 2.45) is 0 Å². The summed E-state index contributed by atoms with van der Waals surface area (Å²) in [5.41, 5.74) is 0.492. The van der Waals surface area contributed by atoms with Crippen LogP contribution in [0.5, 0.6) is 0 Å². The second kappa shape index (κ2) is 6.11. The van der Waals surface area contributed by atoms with Crippen LogP contribution in [0.3, 0.4) is 0 Å². The minimum atomic E-state index is -3.48. The van der Waals surface area contributed by atoms with Crippen LogP contribution in [0.25, 0.3) is 0 Å². The second-order valence-corrected chi connectivity index (χ2v) is 9.49. The molecule has 1 aliphatic heterocycles. The number of hydrogen-bond acceptors (Lipinski definition) is 4. The molecule has 1 saturated heterocycles. The van der Waals surface area contributed by atoms with E-state index in [0.717, 1.165) is 9.35 Å². The van der Waals surface area contributed by atoms with Gasteiger partial charge in [0, 0.05) is 24.1 Å². The molecule has 0 aliphatic carbocycles. The first kappa shape index (κ1) is 15.9. The largest absolute Gasteiger partial charge is 0.381 e. The van der Waals surface area contributed by atoms with Crippen molar-refractivity contribution in [1.29, 1.82) is 0 Å². The van der Waals surface area contributed by atoms with E-state index in [1.807, 2.05) is 6.92 Å². The van der Waals surface area contributed by atoms with Crippen molar-refractivity contribution in [1.82, 2.24) is 4.72 Å². The predicted molar refractivity (Wildman–Crippen MR) is 83.7 cm³/mol. The van der Waals surface area contributed by atoms with Crippen molar-refractivity contribution in [3.63, 3.8) is 0 Å². The summed E-state index contributed by atoms with van der Waals surface area (Å²) in [6.07, 6.45) is 1.37. The number of hydrogen-bond donors (Lipinski definition) is 1. The highest BCUT2D eigenvalue weighted by Crippen LogP contribution is 2.32. The Kier molecular flexibility index (Phi) is 5.12. The normalized spacial score (nSPS) is 19.5. The average Bonchev–Trinajstić information content (AvgIpc) is 2.71. The van der Waals surface area contributed by atoms with Crippen LogP contribution in [0.1, 0.15) is 18.4 Å². The van der Waals surface area contributed by atoms with Crippen LogP contribution in [-0.4, -0.2) is 32.5 Å². The molecule has 19 heavy (non-hydrogen) atoms. The summed E-state index contributed by atoms with van der Waals surface area (Å²) in [5, 5.41) is 0.591. The Labute approximate surface area is 134 Å². The molecule has 4 nitrogen and oxygen atoms in total. The summed E-state index contributed by atoms with van der Waals surface area (Å²) < 4.78 is 34.3. The third kappa shape index (κ3) is 3.59. The average molecular weight is 433 g/mol. The number of ether oxygens (including phenoxy) is 1. The third-order valence-electron chi connectivity index (χ3n) is 3.16. The van der Waals surface area contributed by atoms with E-state index >= 15 is 0 Å². The van der Waals surface area contributed by atoms with Crippen LogP contribution in [0.4, 0.5) is 0 Å². The molecule has 0 amide bonds. The molecule has 1 aromatic heterocycles. The van der Waals surface area contributed by atoms with E-state index in [4.69, 9.17) is 4.74 Å². The Hall–Kier alpha value is 0.530. The number of halogens is 2. The van der Waals surface area contributed by atoms with Gasteiger partial charge in [0.25, 0.3) is 10.0 Å². The lowest BCUT2D eigenvalue weighted by Gasteiger charge is -2.35. The van der Waals surface area contributed by atoms with Gasteiger partial charge in [-0.25, -0.2) is 13.1 Å². The van der Waals surface area contributed by atoms with Crippen LogP contribution in [0.15, 0.2) is 14.1 Å². The van der Waals surface area contributed by atoms with E-state index in [9.17, 15) is 8.42 Å². The molecule has 0 radical (unpaired) electrons. The van der Waals surface area contributed by atoms with Gasteiger partial charge >= 0.3 is 0 Å². The van der Waals surface area contributed by atoms with Crippen molar-refractivity contribution >= 4 is 53.2 Å². The molecule has 8 heteroatoms. The Morgan fingerprint density at radius 1 is 1.47 bits per heavy atom. The minimum absolute atomic E-state index is 0.351. The maximum absolute atomic E-state index is 12.4. The number of nitrogens with one attached hydrogen (secondary N) is 1. The highest BCUT2D eigenvalue weighted by atomic mass is 79.9.